The number of rotatable bonds is 3. The van der Waals surface area contributed by atoms with Gasteiger partial charge >= 0.3 is 0 Å². The van der Waals surface area contributed by atoms with Crippen molar-refractivity contribution in [3.05, 3.63) is 59.2 Å². The van der Waals surface area contributed by atoms with E-state index in [2.05, 4.69) is 0 Å². The van der Waals surface area contributed by atoms with Crippen LogP contribution in [0.4, 0.5) is 0 Å². The SMILES string of the molecule is NCC(O)C(O)c1ccc2c(c1)-c1ccccc1C(=O)C2=O. The quantitative estimate of drug-likeness (QED) is 0.736. The van der Waals surface area contributed by atoms with Crippen LogP contribution in [0.15, 0.2) is 42.5 Å². The van der Waals surface area contributed by atoms with Crippen LogP contribution in [0.25, 0.3) is 11.1 Å². The largest absolute Gasteiger partial charge is 0.389 e. The van der Waals surface area contributed by atoms with Gasteiger partial charge in [0.15, 0.2) is 0 Å². The Kier molecular flexibility index (Phi) is 3.62. The number of hydrogen-bond donors (Lipinski definition) is 3. The van der Waals surface area contributed by atoms with Crippen molar-refractivity contribution in [2.75, 3.05) is 6.54 Å². The number of carbonyl (C=O) groups excluding carboxylic acids is 2. The predicted molar refractivity (Wildman–Crippen MR) is 80.6 cm³/mol. The number of nitrogens with two attached hydrogens (primary N) is 1. The number of aliphatic hydroxyl groups excluding tert-OH is 2. The highest BCUT2D eigenvalue weighted by Crippen LogP contribution is 2.35. The van der Waals surface area contributed by atoms with Crippen molar-refractivity contribution in [1.29, 1.82) is 0 Å². The van der Waals surface area contributed by atoms with Gasteiger partial charge in [-0.3, -0.25) is 9.59 Å². The highest BCUT2D eigenvalue weighted by atomic mass is 16.3. The number of Topliss-reactive ketones (excluding diaryl/α,β-unsaturated/α-hetero) is 2. The Balaban J connectivity index is 2.17. The van der Waals surface area contributed by atoms with Crippen molar-refractivity contribution < 1.29 is 19.8 Å². The molecule has 1 aliphatic carbocycles. The molecule has 0 fully saturated rings. The van der Waals surface area contributed by atoms with Crippen LogP contribution in [0.3, 0.4) is 0 Å². The lowest BCUT2D eigenvalue weighted by Crippen LogP contribution is -2.27. The van der Waals surface area contributed by atoms with Gasteiger partial charge in [-0.2, -0.15) is 0 Å². The molecule has 0 saturated carbocycles. The van der Waals surface area contributed by atoms with Crippen molar-refractivity contribution in [3.63, 3.8) is 0 Å². The van der Waals surface area contributed by atoms with Gasteiger partial charge in [0.2, 0.25) is 11.6 Å². The van der Waals surface area contributed by atoms with E-state index in [0.717, 1.165) is 0 Å². The van der Waals surface area contributed by atoms with Crippen LogP contribution < -0.4 is 5.73 Å². The standard InChI is InChI=1S/C17H15NO4/c18-8-14(19)15(20)9-5-6-12-13(7-9)10-3-1-2-4-11(10)16(21)17(12)22/h1-7,14-15,19-20H,8,18H2. The minimum absolute atomic E-state index is 0.0771. The number of ketones is 2. The molecule has 0 spiro atoms. The zero-order valence-corrected chi connectivity index (χ0v) is 11.7. The van der Waals surface area contributed by atoms with E-state index in [0.29, 0.717) is 27.8 Å². The fourth-order valence-corrected chi connectivity index (χ4v) is 2.68. The second kappa shape index (κ2) is 5.46. The second-order valence-electron chi connectivity index (χ2n) is 5.26. The molecule has 0 radical (unpaired) electrons. The van der Waals surface area contributed by atoms with Gasteiger partial charge in [-0.25, -0.2) is 0 Å². The van der Waals surface area contributed by atoms with Crippen molar-refractivity contribution in [3.8, 4) is 11.1 Å². The highest BCUT2D eigenvalue weighted by Gasteiger charge is 2.31. The fourth-order valence-electron chi connectivity index (χ4n) is 2.68. The molecule has 4 N–H and O–H groups in total. The summed E-state index contributed by atoms with van der Waals surface area (Å²) < 4.78 is 0. The summed E-state index contributed by atoms with van der Waals surface area (Å²) in [4.78, 5) is 24.3. The van der Waals surface area contributed by atoms with Crippen LogP contribution in [0.1, 0.15) is 32.4 Å². The summed E-state index contributed by atoms with van der Waals surface area (Å²) in [5, 5.41) is 19.8. The molecule has 2 unspecified atom stereocenters. The minimum atomic E-state index is -1.14. The van der Waals surface area contributed by atoms with Gasteiger partial charge in [-0.05, 0) is 28.8 Å². The summed E-state index contributed by atoms with van der Waals surface area (Å²) in [6.45, 7) is -0.0771. The molecule has 3 rings (SSSR count). The van der Waals surface area contributed by atoms with Gasteiger partial charge in [0.25, 0.3) is 0 Å². The van der Waals surface area contributed by atoms with E-state index >= 15 is 0 Å². The summed E-state index contributed by atoms with van der Waals surface area (Å²) in [6.07, 6.45) is -2.23. The molecule has 22 heavy (non-hydrogen) atoms. The maximum atomic E-state index is 12.2. The Morgan fingerprint density at radius 3 is 2.09 bits per heavy atom. The van der Waals surface area contributed by atoms with Crippen LogP contribution in [0, 0.1) is 0 Å². The monoisotopic (exact) mass is 297 g/mol. The average Bonchev–Trinajstić information content (AvgIpc) is 2.57. The summed E-state index contributed by atoms with van der Waals surface area (Å²) in [5.74, 6) is -1.09. The fraction of sp³-hybridized carbons (Fsp3) is 0.176. The van der Waals surface area contributed by atoms with Crippen molar-refractivity contribution in [2.45, 2.75) is 12.2 Å². The van der Waals surface area contributed by atoms with Crippen molar-refractivity contribution >= 4 is 11.6 Å². The summed E-state index contributed by atoms with van der Waals surface area (Å²) in [5.41, 5.74) is 7.70. The zero-order chi connectivity index (χ0) is 15.9. The molecule has 0 aromatic heterocycles. The first kappa shape index (κ1) is 14.6. The molecule has 2 aromatic rings. The predicted octanol–water partition coefficient (Wildman–Crippen LogP) is 1.09. The van der Waals surface area contributed by atoms with E-state index in [1.165, 1.54) is 12.1 Å². The van der Waals surface area contributed by atoms with Crippen LogP contribution >= 0.6 is 0 Å². The number of benzene rings is 2. The Bertz CT molecular complexity index is 769. The van der Waals surface area contributed by atoms with Gasteiger partial charge in [-0.15, -0.1) is 0 Å². The molecular formula is C17H15NO4. The van der Waals surface area contributed by atoms with Gasteiger partial charge in [0, 0.05) is 17.7 Å². The molecule has 0 saturated heterocycles. The first-order chi connectivity index (χ1) is 10.5. The molecule has 2 atom stereocenters. The maximum Gasteiger partial charge on any atom is 0.234 e. The van der Waals surface area contributed by atoms with Crippen LogP contribution in [-0.2, 0) is 0 Å². The minimum Gasteiger partial charge on any atom is -0.389 e. The van der Waals surface area contributed by atoms with Gasteiger partial charge < -0.3 is 15.9 Å². The van der Waals surface area contributed by atoms with Gasteiger partial charge in [-0.1, -0.05) is 30.3 Å². The molecule has 0 amide bonds. The van der Waals surface area contributed by atoms with Crippen molar-refractivity contribution in [2.24, 2.45) is 5.73 Å². The van der Waals surface area contributed by atoms with E-state index in [4.69, 9.17) is 5.73 Å². The summed E-state index contributed by atoms with van der Waals surface area (Å²) in [7, 11) is 0. The molecule has 0 aliphatic heterocycles. The Labute approximate surface area is 127 Å². The van der Waals surface area contributed by atoms with E-state index in [1.54, 1.807) is 30.3 Å². The normalized spacial score (nSPS) is 16.0. The van der Waals surface area contributed by atoms with Gasteiger partial charge in [0.1, 0.15) is 6.10 Å². The number of fused-ring (bicyclic) bond motifs is 3. The summed E-state index contributed by atoms with van der Waals surface area (Å²) >= 11 is 0. The first-order valence-electron chi connectivity index (χ1n) is 6.93. The number of aliphatic hydroxyl groups is 2. The zero-order valence-electron chi connectivity index (χ0n) is 11.7. The third kappa shape index (κ3) is 2.16. The second-order valence-corrected chi connectivity index (χ2v) is 5.26. The Hall–Kier alpha value is -2.34. The number of carbonyl (C=O) groups is 2. The van der Waals surface area contributed by atoms with E-state index in [9.17, 15) is 19.8 Å². The summed E-state index contributed by atoms with van der Waals surface area (Å²) in [6, 6.07) is 11.5. The lowest BCUT2D eigenvalue weighted by molar-refractivity contribution is 0.0243. The Morgan fingerprint density at radius 1 is 0.864 bits per heavy atom. The van der Waals surface area contributed by atoms with Crippen molar-refractivity contribution in [1.82, 2.24) is 0 Å². The third-order valence-corrected chi connectivity index (χ3v) is 3.90. The van der Waals surface area contributed by atoms with E-state index in [-0.39, 0.29) is 6.54 Å². The lowest BCUT2D eigenvalue weighted by atomic mass is 9.82. The molecule has 0 bridgehead atoms. The van der Waals surface area contributed by atoms with Gasteiger partial charge in [0.05, 0.1) is 6.10 Å². The third-order valence-electron chi connectivity index (χ3n) is 3.90. The lowest BCUT2D eigenvalue weighted by Gasteiger charge is -2.21. The molecule has 5 heteroatoms. The molecule has 2 aromatic carbocycles. The number of hydrogen-bond acceptors (Lipinski definition) is 5. The van der Waals surface area contributed by atoms with Crippen LogP contribution in [0.2, 0.25) is 0 Å². The first-order valence-corrected chi connectivity index (χ1v) is 6.93. The molecule has 1 aliphatic rings. The van der Waals surface area contributed by atoms with Crippen LogP contribution in [-0.4, -0.2) is 34.4 Å². The Morgan fingerprint density at radius 2 is 1.45 bits per heavy atom. The molecule has 5 nitrogen and oxygen atoms in total. The van der Waals surface area contributed by atoms with Crippen LogP contribution in [0.5, 0.6) is 0 Å². The molecule has 112 valence electrons. The topological polar surface area (TPSA) is 101 Å². The van der Waals surface area contributed by atoms with E-state index < -0.39 is 23.8 Å². The average molecular weight is 297 g/mol. The highest BCUT2D eigenvalue weighted by molar-refractivity contribution is 6.52. The smallest absolute Gasteiger partial charge is 0.234 e. The molecule has 0 heterocycles. The van der Waals surface area contributed by atoms with E-state index in [1.807, 2.05) is 0 Å². The molecular weight excluding hydrogens is 282 g/mol. The maximum absolute atomic E-state index is 12.2.